The first-order valence-corrected chi connectivity index (χ1v) is 11.7. The van der Waals surface area contributed by atoms with Crippen LogP contribution in [0.2, 0.25) is 0 Å². The molecule has 0 bridgehead atoms. The van der Waals surface area contributed by atoms with Crippen molar-refractivity contribution in [2.24, 2.45) is 4.99 Å². The van der Waals surface area contributed by atoms with E-state index in [9.17, 15) is 13.2 Å². The highest BCUT2D eigenvalue weighted by atomic mass is 127. The van der Waals surface area contributed by atoms with Crippen LogP contribution in [0.4, 0.5) is 5.69 Å². The van der Waals surface area contributed by atoms with Crippen molar-refractivity contribution in [1.82, 2.24) is 19.7 Å². The molecule has 0 aliphatic carbocycles. The number of hydrogen-bond acceptors (Lipinski definition) is 6. The highest BCUT2D eigenvalue weighted by Crippen LogP contribution is 2.14. The third kappa shape index (κ3) is 7.45. The van der Waals surface area contributed by atoms with Gasteiger partial charge in [0.1, 0.15) is 12.0 Å². The molecule has 2 aromatic rings. The van der Waals surface area contributed by atoms with Crippen LogP contribution in [0.25, 0.3) is 0 Å². The molecule has 10 nitrogen and oxygen atoms in total. The minimum Gasteiger partial charge on any atom is -0.364 e. The number of guanidine groups is 1. The Hall–Kier alpha value is -2.19. The summed E-state index contributed by atoms with van der Waals surface area (Å²) in [5.74, 6) is 0.453. The fourth-order valence-electron chi connectivity index (χ4n) is 3.31. The van der Waals surface area contributed by atoms with E-state index in [1.165, 1.54) is 17.5 Å². The number of carbonyl (C=O) groups is 1. The smallest absolute Gasteiger partial charge is 0.221 e. The van der Waals surface area contributed by atoms with E-state index in [4.69, 9.17) is 9.52 Å². The molecule has 0 atom stereocenters. The fraction of sp³-hybridized carbons (Fsp3) is 0.450. The molecule has 2 heterocycles. The van der Waals surface area contributed by atoms with E-state index in [0.717, 1.165) is 17.2 Å². The van der Waals surface area contributed by atoms with E-state index in [0.29, 0.717) is 45.0 Å². The number of anilines is 1. The molecule has 0 unspecified atom stereocenters. The minimum atomic E-state index is -3.45. The first kappa shape index (κ1) is 26.1. The summed E-state index contributed by atoms with van der Waals surface area (Å²) >= 11 is 0. The van der Waals surface area contributed by atoms with Crippen LogP contribution in [0.3, 0.4) is 0 Å². The summed E-state index contributed by atoms with van der Waals surface area (Å²) in [5, 5.41) is 9.74. The van der Waals surface area contributed by atoms with Crippen molar-refractivity contribution in [3.05, 3.63) is 47.9 Å². The molecule has 32 heavy (non-hydrogen) atoms. The predicted molar refractivity (Wildman–Crippen MR) is 133 cm³/mol. The van der Waals surface area contributed by atoms with Gasteiger partial charge >= 0.3 is 0 Å². The number of sulfonamides is 1. The van der Waals surface area contributed by atoms with Crippen LogP contribution in [0, 0.1) is 0 Å². The first-order valence-electron chi connectivity index (χ1n) is 10.1. The van der Waals surface area contributed by atoms with Crippen LogP contribution in [0.15, 0.2) is 46.1 Å². The number of carbonyl (C=O) groups excluding carboxylic acids is 1. The van der Waals surface area contributed by atoms with Crippen molar-refractivity contribution in [3.63, 3.8) is 0 Å². The van der Waals surface area contributed by atoms with Crippen molar-refractivity contribution >= 4 is 51.6 Å². The molecule has 2 N–H and O–H groups in total. The Kier molecular flexibility index (Phi) is 9.90. The number of amides is 1. The van der Waals surface area contributed by atoms with Gasteiger partial charge in [0.25, 0.3) is 0 Å². The molecular formula is C20H29IN6O4S. The molecule has 1 aliphatic rings. The third-order valence-corrected chi connectivity index (χ3v) is 6.56. The van der Waals surface area contributed by atoms with Crippen LogP contribution < -0.4 is 10.6 Å². The molecular weight excluding hydrogens is 547 g/mol. The summed E-state index contributed by atoms with van der Waals surface area (Å²) in [6.45, 7) is 6.44. The Labute approximate surface area is 205 Å². The van der Waals surface area contributed by atoms with E-state index in [1.54, 1.807) is 6.07 Å². The summed E-state index contributed by atoms with van der Waals surface area (Å²) in [6.07, 6.45) is 1.37. The summed E-state index contributed by atoms with van der Waals surface area (Å²) < 4.78 is 31.5. The molecule has 176 valence electrons. The van der Waals surface area contributed by atoms with Crippen molar-refractivity contribution in [1.29, 1.82) is 0 Å². The zero-order valence-corrected chi connectivity index (χ0v) is 21.3. The van der Waals surface area contributed by atoms with Gasteiger partial charge in [-0.15, -0.1) is 24.0 Å². The second-order valence-corrected chi connectivity index (χ2v) is 9.15. The standard InChI is InChI=1S/C20H28N6O4S.HI/c1-3-21-20(22-14-17-5-4-6-18(13-17)23-16(2)27)25-8-10-26(11-9-25)31(28,29)15-19-7-12-30-24-19;/h4-7,12-13H,3,8-11,14-15H2,1-2H3,(H,21,22)(H,23,27);1H. The zero-order valence-electron chi connectivity index (χ0n) is 18.2. The molecule has 1 saturated heterocycles. The summed E-state index contributed by atoms with van der Waals surface area (Å²) in [5.41, 5.74) is 2.10. The maximum absolute atomic E-state index is 12.6. The van der Waals surface area contributed by atoms with Gasteiger partial charge in [-0.3, -0.25) is 4.79 Å². The van der Waals surface area contributed by atoms with Crippen LogP contribution >= 0.6 is 24.0 Å². The highest BCUT2D eigenvalue weighted by Gasteiger charge is 2.29. The van der Waals surface area contributed by atoms with Crippen molar-refractivity contribution in [2.45, 2.75) is 26.1 Å². The van der Waals surface area contributed by atoms with Crippen LogP contribution in [-0.4, -0.2) is 67.4 Å². The van der Waals surface area contributed by atoms with Gasteiger partial charge < -0.3 is 20.1 Å². The summed E-state index contributed by atoms with van der Waals surface area (Å²) in [4.78, 5) is 18.0. The highest BCUT2D eigenvalue weighted by molar-refractivity contribution is 14.0. The molecule has 1 fully saturated rings. The zero-order chi connectivity index (χ0) is 22.3. The van der Waals surface area contributed by atoms with Crippen molar-refractivity contribution < 1.29 is 17.7 Å². The number of piperazine rings is 1. The Bertz CT molecular complexity index is 1000. The van der Waals surface area contributed by atoms with E-state index >= 15 is 0 Å². The van der Waals surface area contributed by atoms with Gasteiger partial charge in [-0.1, -0.05) is 17.3 Å². The van der Waals surface area contributed by atoms with Gasteiger partial charge in [0, 0.05) is 51.4 Å². The number of aliphatic imine (C=N–C) groups is 1. The average molecular weight is 576 g/mol. The maximum atomic E-state index is 12.6. The van der Waals surface area contributed by atoms with Gasteiger partial charge in [0.2, 0.25) is 15.9 Å². The average Bonchev–Trinajstić information content (AvgIpc) is 3.23. The lowest BCUT2D eigenvalue weighted by atomic mass is 10.2. The molecule has 0 saturated carbocycles. The predicted octanol–water partition coefficient (Wildman–Crippen LogP) is 1.86. The van der Waals surface area contributed by atoms with Crippen LogP contribution in [0.5, 0.6) is 0 Å². The SMILES string of the molecule is CCNC(=NCc1cccc(NC(C)=O)c1)N1CCN(S(=O)(=O)Cc2ccon2)CC1.I. The number of nitrogens with zero attached hydrogens (tertiary/aromatic N) is 4. The van der Waals surface area contributed by atoms with E-state index in [-0.39, 0.29) is 35.6 Å². The summed E-state index contributed by atoms with van der Waals surface area (Å²) in [6, 6.07) is 9.11. The molecule has 1 amide bonds. The van der Waals surface area contributed by atoms with E-state index in [1.807, 2.05) is 31.2 Å². The van der Waals surface area contributed by atoms with Gasteiger partial charge in [-0.05, 0) is 24.6 Å². The fourth-order valence-corrected chi connectivity index (χ4v) is 4.74. The third-order valence-electron chi connectivity index (χ3n) is 4.75. The number of aromatic nitrogens is 1. The number of benzene rings is 1. The molecule has 0 radical (unpaired) electrons. The molecule has 1 aliphatic heterocycles. The second-order valence-electron chi connectivity index (χ2n) is 7.18. The van der Waals surface area contributed by atoms with Gasteiger partial charge in [-0.25, -0.2) is 13.4 Å². The molecule has 12 heteroatoms. The quantitative estimate of drug-likeness (QED) is 0.294. The number of hydrogen-bond donors (Lipinski definition) is 2. The van der Waals surface area contributed by atoms with Crippen LogP contribution in [-0.2, 0) is 27.1 Å². The number of nitrogens with one attached hydrogen (secondary N) is 2. The van der Waals surface area contributed by atoms with Gasteiger partial charge in [-0.2, -0.15) is 4.31 Å². The molecule has 1 aromatic heterocycles. The Morgan fingerprint density at radius 1 is 1.22 bits per heavy atom. The van der Waals surface area contributed by atoms with Crippen molar-refractivity contribution in [2.75, 3.05) is 38.0 Å². The van der Waals surface area contributed by atoms with Gasteiger partial charge in [0.05, 0.1) is 12.2 Å². The Morgan fingerprint density at radius 3 is 2.59 bits per heavy atom. The largest absolute Gasteiger partial charge is 0.364 e. The monoisotopic (exact) mass is 576 g/mol. The normalized spacial score (nSPS) is 15.2. The second kappa shape index (κ2) is 12.2. The topological polar surface area (TPSA) is 120 Å². The van der Waals surface area contributed by atoms with Crippen molar-refractivity contribution in [3.8, 4) is 0 Å². The number of halogens is 1. The van der Waals surface area contributed by atoms with Gasteiger partial charge in [0.15, 0.2) is 5.96 Å². The van der Waals surface area contributed by atoms with E-state index in [2.05, 4.69) is 20.7 Å². The minimum absolute atomic E-state index is 0. The van der Waals surface area contributed by atoms with Crippen LogP contribution in [0.1, 0.15) is 25.1 Å². The summed E-state index contributed by atoms with van der Waals surface area (Å²) in [7, 11) is -3.45. The number of rotatable bonds is 7. The maximum Gasteiger partial charge on any atom is 0.221 e. The molecule has 3 rings (SSSR count). The van der Waals surface area contributed by atoms with E-state index < -0.39 is 10.0 Å². The molecule has 0 spiro atoms. The lowest BCUT2D eigenvalue weighted by molar-refractivity contribution is -0.114. The lowest BCUT2D eigenvalue weighted by Gasteiger charge is -2.35. The Morgan fingerprint density at radius 2 is 1.97 bits per heavy atom. The first-order chi connectivity index (χ1) is 14.9. The molecule has 1 aromatic carbocycles. The lowest BCUT2D eigenvalue weighted by Crippen LogP contribution is -2.53. The Balaban J connectivity index is 0.00000363.